The molecule has 1 saturated carbocycles. The highest BCUT2D eigenvalue weighted by Crippen LogP contribution is 2.47. The summed E-state index contributed by atoms with van der Waals surface area (Å²) < 4.78 is 36.3. The predicted molar refractivity (Wildman–Crippen MR) is 153 cm³/mol. The number of hydrogen-bond acceptors (Lipinski definition) is 8. The van der Waals surface area contributed by atoms with Gasteiger partial charge >= 0.3 is 5.97 Å². The lowest BCUT2D eigenvalue weighted by atomic mass is 9.76. The van der Waals surface area contributed by atoms with Crippen molar-refractivity contribution in [3.05, 3.63) is 35.9 Å². The Morgan fingerprint density at radius 3 is 2.49 bits per heavy atom. The van der Waals surface area contributed by atoms with Crippen LogP contribution < -0.4 is 0 Å². The highest BCUT2D eigenvalue weighted by Gasteiger charge is 2.66. The Kier molecular flexibility index (Phi) is 9.49. The molecule has 3 aliphatic heterocycles. The molecular weight excluding hydrogens is 524 g/mol. The molecule has 4 aliphatic rings. The molecule has 5 atom stereocenters. The summed E-state index contributed by atoms with van der Waals surface area (Å²) in [6.07, 6.45) is 10.1. The Morgan fingerprint density at radius 1 is 0.976 bits per heavy atom. The predicted octanol–water partition coefficient (Wildman–Crippen LogP) is 5.82. The van der Waals surface area contributed by atoms with Gasteiger partial charge in [-0.1, -0.05) is 68.9 Å². The first-order valence-corrected chi connectivity index (χ1v) is 15.8. The minimum absolute atomic E-state index is 0.0509. The van der Waals surface area contributed by atoms with Crippen LogP contribution in [-0.4, -0.2) is 65.6 Å². The van der Waals surface area contributed by atoms with Crippen molar-refractivity contribution in [3.8, 4) is 0 Å². The monoisotopic (exact) mass is 574 g/mol. The van der Waals surface area contributed by atoms with Crippen molar-refractivity contribution in [1.82, 2.24) is 0 Å². The molecule has 4 fully saturated rings. The van der Waals surface area contributed by atoms with Crippen LogP contribution in [0.4, 0.5) is 0 Å². The van der Waals surface area contributed by atoms with E-state index in [1.807, 2.05) is 33.8 Å². The third kappa shape index (κ3) is 7.89. The topological polar surface area (TPSA) is 92.7 Å². The third-order valence-electron chi connectivity index (χ3n) is 9.02. The zero-order valence-electron chi connectivity index (χ0n) is 25.4. The van der Waals surface area contributed by atoms with E-state index < -0.39 is 29.1 Å². The molecule has 5 rings (SSSR count). The molecule has 41 heavy (non-hydrogen) atoms. The number of aliphatic hydroxyl groups is 1. The molecular formula is C33H50O8. The number of fused-ring (bicyclic) bond motifs is 3. The molecule has 1 unspecified atom stereocenters. The van der Waals surface area contributed by atoms with Crippen LogP contribution in [-0.2, 0) is 39.6 Å². The zero-order valence-corrected chi connectivity index (χ0v) is 25.4. The van der Waals surface area contributed by atoms with Crippen LogP contribution in [0.15, 0.2) is 30.3 Å². The lowest BCUT2D eigenvalue weighted by Gasteiger charge is -2.40. The molecule has 1 aromatic carbocycles. The second-order valence-corrected chi connectivity index (χ2v) is 13.6. The van der Waals surface area contributed by atoms with Crippen LogP contribution in [0.5, 0.6) is 0 Å². The third-order valence-corrected chi connectivity index (χ3v) is 9.02. The van der Waals surface area contributed by atoms with Gasteiger partial charge in [-0.25, -0.2) is 0 Å². The lowest BCUT2D eigenvalue weighted by molar-refractivity contribution is -0.296. The summed E-state index contributed by atoms with van der Waals surface area (Å²) in [7, 11) is 0. The number of carbonyl (C=O) groups is 1. The smallest absolute Gasteiger partial charge is 0.305 e. The maximum absolute atomic E-state index is 12.7. The number of rotatable bonds is 12. The average Bonchev–Trinajstić information content (AvgIpc) is 3.39. The Bertz CT molecular complexity index is 1000. The van der Waals surface area contributed by atoms with E-state index in [0.29, 0.717) is 12.3 Å². The van der Waals surface area contributed by atoms with Gasteiger partial charge in [-0.15, -0.1) is 0 Å². The summed E-state index contributed by atoms with van der Waals surface area (Å²) in [5, 5.41) is 11.2. The Hall–Kier alpha value is -1.55. The molecule has 1 aromatic rings. The van der Waals surface area contributed by atoms with Gasteiger partial charge in [0.1, 0.15) is 24.9 Å². The van der Waals surface area contributed by atoms with E-state index in [4.69, 9.17) is 28.4 Å². The second-order valence-electron chi connectivity index (χ2n) is 13.6. The van der Waals surface area contributed by atoms with Crippen LogP contribution in [0.1, 0.15) is 104 Å². The molecule has 1 N–H and O–H groups in total. The molecule has 0 bridgehead atoms. The fraction of sp³-hybridized carbons (Fsp3) is 0.788. The van der Waals surface area contributed by atoms with Gasteiger partial charge in [-0.05, 0) is 71.3 Å². The maximum atomic E-state index is 12.7. The number of unbranched alkanes of at least 4 members (excludes halogenated alkanes) is 2. The van der Waals surface area contributed by atoms with Gasteiger partial charge in [-0.2, -0.15) is 0 Å². The first-order chi connectivity index (χ1) is 19.5. The van der Waals surface area contributed by atoms with Gasteiger partial charge in [0.25, 0.3) is 0 Å². The Labute approximate surface area is 245 Å². The molecule has 3 saturated heterocycles. The quantitative estimate of drug-likeness (QED) is 0.247. The summed E-state index contributed by atoms with van der Waals surface area (Å²) in [4.78, 5) is 12.7. The van der Waals surface area contributed by atoms with Crippen molar-refractivity contribution in [1.29, 1.82) is 0 Å². The summed E-state index contributed by atoms with van der Waals surface area (Å²) in [6, 6.07) is 10.6. The Morgan fingerprint density at radius 2 is 1.73 bits per heavy atom. The minimum atomic E-state index is -1.21. The van der Waals surface area contributed by atoms with Gasteiger partial charge in [0.15, 0.2) is 11.6 Å². The molecule has 8 heteroatoms. The van der Waals surface area contributed by atoms with Crippen molar-refractivity contribution in [2.24, 2.45) is 5.92 Å². The number of esters is 1. The SMILES string of the molecule is CC1(C)O[C@@H]2[C@H](CO[C@]3(COC(=O)CCCCCC(Cc4ccccc4)CC4(O)CCCCC4)OC(C)(C)O[C@H]23)O1. The zero-order chi connectivity index (χ0) is 29.1. The average molecular weight is 575 g/mol. The van der Waals surface area contributed by atoms with Gasteiger partial charge in [0, 0.05) is 6.42 Å². The van der Waals surface area contributed by atoms with Gasteiger partial charge < -0.3 is 33.5 Å². The fourth-order valence-electron chi connectivity index (χ4n) is 7.26. The van der Waals surface area contributed by atoms with Crippen LogP contribution in [0, 0.1) is 5.92 Å². The van der Waals surface area contributed by atoms with Crippen molar-refractivity contribution >= 4 is 5.97 Å². The normalized spacial score (nSPS) is 32.2. The second kappa shape index (κ2) is 12.6. The molecule has 0 aromatic heterocycles. The fourth-order valence-corrected chi connectivity index (χ4v) is 7.26. The molecule has 0 spiro atoms. The summed E-state index contributed by atoms with van der Waals surface area (Å²) >= 11 is 0. The van der Waals surface area contributed by atoms with E-state index in [-0.39, 0.29) is 31.4 Å². The maximum Gasteiger partial charge on any atom is 0.305 e. The molecule has 8 nitrogen and oxygen atoms in total. The van der Waals surface area contributed by atoms with Gasteiger partial charge in [0.2, 0.25) is 5.79 Å². The summed E-state index contributed by atoms with van der Waals surface area (Å²) in [5.74, 6) is -2.68. The summed E-state index contributed by atoms with van der Waals surface area (Å²) in [6.45, 7) is 7.62. The van der Waals surface area contributed by atoms with Crippen LogP contribution >= 0.6 is 0 Å². The van der Waals surface area contributed by atoms with Crippen LogP contribution in [0.3, 0.4) is 0 Å². The largest absolute Gasteiger partial charge is 0.460 e. The molecule has 3 heterocycles. The van der Waals surface area contributed by atoms with Crippen LogP contribution in [0.2, 0.25) is 0 Å². The number of carbonyl (C=O) groups excluding carboxylic acids is 1. The minimum Gasteiger partial charge on any atom is -0.460 e. The molecule has 0 amide bonds. The van der Waals surface area contributed by atoms with Gasteiger partial charge in [0.05, 0.1) is 12.2 Å². The first-order valence-electron chi connectivity index (χ1n) is 15.8. The highest BCUT2D eigenvalue weighted by atomic mass is 16.9. The standard InChI is InChI=1S/C33H50O8/c1-30(2)38-26-22-37-33(29(28(26)39-30)40-31(3,4)41-33)23-36-27(34)17-11-6-10-16-25(20-24-14-8-5-9-15-24)21-32(35)18-12-7-13-19-32/h5,8-9,14-15,25-26,28-29,35H,6-7,10-13,16-23H2,1-4H3/t25?,26-,28+,29+,33+/m0/s1. The van der Waals surface area contributed by atoms with Crippen molar-refractivity contribution in [3.63, 3.8) is 0 Å². The van der Waals surface area contributed by atoms with Crippen molar-refractivity contribution < 1.29 is 38.3 Å². The molecule has 230 valence electrons. The van der Waals surface area contributed by atoms with E-state index in [1.165, 1.54) is 12.0 Å². The number of ether oxygens (including phenoxy) is 6. The van der Waals surface area contributed by atoms with E-state index in [2.05, 4.69) is 24.3 Å². The van der Waals surface area contributed by atoms with Crippen molar-refractivity contribution in [2.75, 3.05) is 13.2 Å². The molecule has 1 aliphatic carbocycles. The van der Waals surface area contributed by atoms with Crippen molar-refractivity contribution in [2.45, 2.75) is 146 Å². The highest BCUT2D eigenvalue weighted by molar-refractivity contribution is 5.69. The summed E-state index contributed by atoms with van der Waals surface area (Å²) in [5.41, 5.74) is 0.806. The Balaban J connectivity index is 1.07. The van der Waals surface area contributed by atoms with Crippen LogP contribution in [0.25, 0.3) is 0 Å². The van der Waals surface area contributed by atoms with E-state index in [0.717, 1.165) is 64.2 Å². The molecule has 0 radical (unpaired) electrons. The van der Waals surface area contributed by atoms with Gasteiger partial charge in [-0.3, -0.25) is 4.79 Å². The van der Waals surface area contributed by atoms with E-state index in [1.54, 1.807) is 0 Å². The lowest BCUT2D eigenvalue weighted by Crippen LogP contribution is -2.60. The number of hydrogen-bond donors (Lipinski definition) is 1. The van der Waals surface area contributed by atoms with E-state index in [9.17, 15) is 9.90 Å². The first kappa shape index (κ1) is 30.9. The van der Waals surface area contributed by atoms with E-state index >= 15 is 0 Å². The number of benzene rings is 1.